The van der Waals surface area contributed by atoms with E-state index in [1.165, 1.54) is 6.20 Å². The number of rotatable bonds is 6. The molecule has 8 nitrogen and oxygen atoms in total. The summed E-state index contributed by atoms with van der Waals surface area (Å²) in [6, 6.07) is 0.264. The fraction of sp³-hybridized carbons (Fsp3) is 0.727. The van der Waals surface area contributed by atoms with E-state index in [2.05, 4.69) is 15.1 Å². The van der Waals surface area contributed by atoms with Crippen LogP contribution in [0.5, 0.6) is 0 Å². The largest absolute Gasteiger partial charge is 0.317 e. The molecule has 0 saturated carbocycles. The summed E-state index contributed by atoms with van der Waals surface area (Å²) in [6.45, 7) is 1.83. The van der Waals surface area contributed by atoms with Crippen LogP contribution in [0.2, 0.25) is 0 Å². The highest BCUT2D eigenvalue weighted by atomic mass is 32.2. The maximum Gasteiger partial charge on any atom is 0.233 e. The molecule has 0 aliphatic carbocycles. The molecule has 0 atom stereocenters. The lowest BCUT2D eigenvalue weighted by Gasteiger charge is -2.22. The molecule has 2 N–H and O–H groups in total. The number of sulfone groups is 1. The summed E-state index contributed by atoms with van der Waals surface area (Å²) in [7, 11) is -6.99. The summed E-state index contributed by atoms with van der Waals surface area (Å²) >= 11 is 0. The van der Waals surface area contributed by atoms with Gasteiger partial charge in [0.2, 0.25) is 10.0 Å². The average Bonchev–Trinajstić information content (AvgIpc) is 2.85. The van der Waals surface area contributed by atoms with E-state index >= 15 is 0 Å². The molecule has 0 radical (unpaired) electrons. The third-order valence-corrected chi connectivity index (χ3v) is 5.77. The van der Waals surface area contributed by atoms with Crippen LogP contribution in [0, 0.1) is 0 Å². The van der Waals surface area contributed by atoms with Crippen molar-refractivity contribution in [3.8, 4) is 0 Å². The first-order chi connectivity index (χ1) is 9.75. The van der Waals surface area contributed by atoms with E-state index in [1.54, 1.807) is 10.9 Å². The Kier molecular flexibility index (Phi) is 4.89. The topological polar surface area (TPSA) is 110 Å². The smallest absolute Gasteiger partial charge is 0.233 e. The zero-order valence-electron chi connectivity index (χ0n) is 11.8. The molecule has 0 aromatic carbocycles. The molecule has 1 aromatic rings. The van der Waals surface area contributed by atoms with E-state index in [-0.39, 0.29) is 6.04 Å². The number of nitrogens with one attached hydrogen (secondary N) is 2. The van der Waals surface area contributed by atoms with Gasteiger partial charge in [0.05, 0.1) is 29.4 Å². The molecule has 0 unspecified atom stereocenters. The Bertz CT molecular complexity index is 675. The number of nitrogens with zero attached hydrogens (tertiary/aromatic N) is 2. The quantitative estimate of drug-likeness (QED) is 0.731. The Morgan fingerprint density at radius 2 is 1.95 bits per heavy atom. The van der Waals surface area contributed by atoms with Gasteiger partial charge < -0.3 is 5.32 Å². The standard InChI is InChI=1S/C11H20N4O4S2/c1-20(16,17)6-7-21(18,19)14-10-8-13-15(9-10)11-2-4-12-5-3-11/h8-9,11-12,14H,2-7H2,1H3. The molecule has 0 spiro atoms. The Hall–Kier alpha value is -1.13. The first-order valence-corrected chi connectivity index (χ1v) is 10.4. The van der Waals surface area contributed by atoms with Crippen molar-refractivity contribution >= 4 is 25.5 Å². The van der Waals surface area contributed by atoms with Gasteiger partial charge >= 0.3 is 0 Å². The van der Waals surface area contributed by atoms with E-state index in [9.17, 15) is 16.8 Å². The lowest BCUT2D eigenvalue weighted by atomic mass is 10.1. The Morgan fingerprint density at radius 3 is 2.57 bits per heavy atom. The molecule has 1 aromatic heterocycles. The molecular weight excluding hydrogens is 316 g/mol. The zero-order valence-corrected chi connectivity index (χ0v) is 13.5. The Labute approximate surface area is 124 Å². The summed E-state index contributed by atoms with van der Waals surface area (Å²) < 4.78 is 49.8. The molecule has 21 heavy (non-hydrogen) atoms. The summed E-state index contributed by atoms with van der Waals surface area (Å²) in [5.41, 5.74) is 0.363. The second-order valence-corrected chi connectivity index (χ2v) is 9.34. The van der Waals surface area contributed by atoms with Gasteiger partial charge in [0.15, 0.2) is 0 Å². The molecule has 1 saturated heterocycles. The highest BCUT2D eigenvalue weighted by Crippen LogP contribution is 2.19. The van der Waals surface area contributed by atoms with Gasteiger partial charge in [0, 0.05) is 12.5 Å². The van der Waals surface area contributed by atoms with Crippen molar-refractivity contribution in [3.63, 3.8) is 0 Å². The van der Waals surface area contributed by atoms with Gasteiger partial charge in [-0.15, -0.1) is 0 Å². The summed E-state index contributed by atoms with van der Waals surface area (Å²) in [5, 5.41) is 7.43. The molecule has 10 heteroatoms. The molecular formula is C11H20N4O4S2. The molecule has 0 bridgehead atoms. The second kappa shape index (κ2) is 6.32. The molecule has 120 valence electrons. The van der Waals surface area contributed by atoms with Gasteiger partial charge in [-0.3, -0.25) is 9.40 Å². The lowest BCUT2D eigenvalue weighted by molar-refractivity contribution is 0.343. The third kappa shape index (κ3) is 5.29. The van der Waals surface area contributed by atoms with Gasteiger partial charge in [-0.05, 0) is 25.9 Å². The lowest BCUT2D eigenvalue weighted by Crippen LogP contribution is -2.29. The normalized spacial score (nSPS) is 17.8. The number of hydrogen-bond donors (Lipinski definition) is 2. The molecule has 0 amide bonds. The van der Waals surface area contributed by atoms with Crippen LogP contribution in [-0.4, -0.2) is 57.5 Å². The number of piperidine rings is 1. The van der Waals surface area contributed by atoms with Crippen molar-refractivity contribution < 1.29 is 16.8 Å². The molecule has 1 fully saturated rings. The van der Waals surface area contributed by atoms with Crippen LogP contribution in [0.1, 0.15) is 18.9 Å². The molecule has 1 aliphatic rings. The fourth-order valence-corrected chi connectivity index (χ4v) is 4.81. The third-order valence-electron chi connectivity index (χ3n) is 3.28. The minimum Gasteiger partial charge on any atom is -0.317 e. The van der Waals surface area contributed by atoms with Crippen molar-refractivity contribution in [2.45, 2.75) is 18.9 Å². The van der Waals surface area contributed by atoms with Crippen molar-refractivity contribution in [3.05, 3.63) is 12.4 Å². The van der Waals surface area contributed by atoms with Gasteiger partial charge in [-0.25, -0.2) is 16.8 Å². The van der Waals surface area contributed by atoms with Gasteiger partial charge in [-0.2, -0.15) is 5.10 Å². The zero-order chi connectivity index (χ0) is 15.5. The van der Waals surface area contributed by atoms with Crippen LogP contribution in [-0.2, 0) is 19.9 Å². The van der Waals surface area contributed by atoms with E-state index in [0.717, 1.165) is 32.2 Å². The van der Waals surface area contributed by atoms with Gasteiger partial charge in [0.1, 0.15) is 9.84 Å². The average molecular weight is 336 g/mol. The fourth-order valence-electron chi connectivity index (χ4n) is 2.15. The number of anilines is 1. The summed E-state index contributed by atoms with van der Waals surface area (Å²) in [5.74, 6) is -0.852. The molecule has 1 aliphatic heterocycles. The first-order valence-electron chi connectivity index (χ1n) is 6.68. The van der Waals surface area contributed by atoms with Crippen LogP contribution < -0.4 is 10.0 Å². The van der Waals surface area contributed by atoms with Gasteiger partial charge in [-0.1, -0.05) is 0 Å². The molecule has 2 heterocycles. The van der Waals surface area contributed by atoms with E-state index < -0.39 is 31.4 Å². The summed E-state index contributed by atoms with van der Waals surface area (Å²) in [4.78, 5) is 0. The maximum atomic E-state index is 11.8. The van der Waals surface area contributed by atoms with E-state index in [1.807, 2.05) is 0 Å². The predicted octanol–water partition coefficient (Wildman–Crippen LogP) is -0.406. The SMILES string of the molecule is CS(=O)(=O)CCS(=O)(=O)Nc1cnn(C2CCNCC2)c1. The first kappa shape index (κ1) is 16.2. The highest BCUT2D eigenvalue weighted by molar-refractivity contribution is 7.95. The van der Waals surface area contributed by atoms with Gasteiger partial charge in [0.25, 0.3) is 0 Å². The predicted molar refractivity (Wildman–Crippen MR) is 80.5 cm³/mol. The van der Waals surface area contributed by atoms with E-state index in [4.69, 9.17) is 0 Å². The minimum absolute atomic E-state index is 0.264. The second-order valence-electron chi connectivity index (χ2n) is 5.24. The monoisotopic (exact) mass is 336 g/mol. The number of hydrogen-bond acceptors (Lipinski definition) is 6. The van der Waals surface area contributed by atoms with Crippen LogP contribution in [0.3, 0.4) is 0 Å². The van der Waals surface area contributed by atoms with Crippen molar-refractivity contribution in [2.24, 2.45) is 0 Å². The maximum absolute atomic E-state index is 11.8. The summed E-state index contributed by atoms with van der Waals surface area (Å²) in [6.07, 6.45) is 6.00. The molecule has 2 rings (SSSR count). The van der Waals surface area contributed by atoms with Crippen LogP contribution >= 0.6 is 0 Å². The van der Waals surface area contributed by atoms with Crippen LogP contribution in [0.4, 0.5) is 5.69 Å². The highest BCUT2D eigenvalue weighted by Gasteiger charge is 2.18. The van der Waals surface area contributed by atoms with Crippen LogP contribution in [0.15, 0.2) is 12.4 Å². The van der Waals surface area contributed by atoms with Crippen molar-refractivity contribution in [1.29, 1.82) is 0 Å². The van der Waals surface area contributed by atoms with E-state index in [0.29, 0.717) is 5.69 Å². The van der Waals surface area contributed by atoms with Crippen molar-refractivity contribution in [2.75, 3.05) is 35.6 Å². The van der Waals surface area contributed by atoms with Crippen molar-refractivity contribution in [1.82, 2.24) is 15.1 Å². The number of aromatic nitrogens is 2. The Balaban J connectivity index is 1.98. The number of sulfonamides is 1. The Morgan fingerprint density at radius 1 is 1.29 bits per heavy atom. The minimum atomic E-state index is -3.68. The van der Waals surface area contributed by atoms with Crippen LogP contribution in [0.25, 0.3) is 0 Å².